The molecule has 0 aromatic heterocycles. The van der Waals surface area contributed by atoms with Crippen LogP contribution in [0.5, 0.6) is 0 Å². The van der Waals surface area contributed by atoms with Crippen LogP contribution in [0.4, 0.5) is 0 Å². The van der Waals surface area contributed by atoms with E-state index in [9.17, 15) is 4.79 Å². The fourth-order valence-corrected chi connectivity index (χ4v) is 3.41. The van der Waals surface area contributed by atoms with Crippen LogP contribution in [0.3, 0.4) is 0 Å². The highest BCUT2D eigenvalue weighted by atomic mass is 35.5. The molecule has 0 atom stereocenters. The van der Waals surface area contributed by atoms with Gasteiger partial charge in [-0.1, -0.05) is 47.0 Å². The first kappa shape index (κ1) is 17.3. The Morgan fingerprint density at radius 2 is 1.54 bits per heavy atom. The molecule has 2 aromatic carbocycles. The number of piperazine rings is 1. The van der Waals surface area contributed by atoms with Gasteiger partial charge in [0.15, 0.2) is 0 Å². The van der Waals surface area contributed by atoms with Gasteiger partial charge in [-0.15, -0.1) is 0 Å². The van der Waals surface area contributed by atoms with Gasteiger partial charge < -0.3 is 4.90 Å². The Balaban J connectivity index is 1.59. The molecular weight excluding hydrogens is 343 g/mol. The van der Waals surface area contributed by atoms with Gasteiger partial charge in [0.05, 0.1) is 0 Å². The van der Waals surface area contributed by atoms with Gasteiger partial charge in [0.25, 0.3) is 5.91 Å². The second-order valence-corrected chi connectivity index (χ2v) is 6.95. The monoisotopic (exact) mass is 362 g/mol. The Bertz CT molecular complexity index is 702. The van der Waals surface area contributed by atoms with E-state index in [1.807, 2.05) is 54.3 Å². The number of hydrogen-bond acceptors (Lipinski definition) is 2. The summed E-state index contributed by atoms with van der Waals surface area (Å²) in [6, 6.07) is 13.3. The van der Waals surface area contributed by atoms with Crippen molar-refractivity contribution in [1.82, 2.24) is 9.80 Å². The van der Waals surface area contributed by atoms with Crippen LogP contribution < -0.4 is 0 Å². The highest BCUT2D eigenvalue weighted by Crippen LogP contribution is 2.26. The van der Waals surface area contributed by atoms with Crippen molar-refractivity contribution in [3.63, 3.8) is 0 Å². The van der Waals surface area contributed by atoms with Crippen LogP contribution in [-0.4, -0.2) is 41.9 Å². The number of carbonyl (C=O) groups excluding carboxylic acids is 1. The zero-order valence-electron chi connectivity index (χ0n) is 13.6. The van der Waals surface area contributed by atoms with Crippen LogP contribution in [0.1, 0.15) is 21.5 Å². The molecule has 0 N–H and O–H groups in total. The first-order chi connectivity index (χ1) is 11.5. The molecule has 1 amide bonds. The quantitative estimate of drug-likeness (QED) is 0.814. The minimum absolute atomic E-state index is 0.102. The second kappa shape index (κ2) is 7.56. The summed E-state index contributed by atoms with van der Waals surface area (Å²) in [5.74, 6) is 0.102. The van der Waals surface area contributed by atoms with E-state index in [4.69, 9.17) is 23.2 Å². The van der Waals surface area contributed by atoms with E-state index in [1.54, 1.807) is 0 Å². The molecule has 126 valence electrons. The van der Waals surface area contributed by atoms with E-state index >= 15 is 0 Å². The van der Waals surface area contributed by atoms with Crippen molar-refractivity contribution in [2.75, 3.05) is 26.2 Å². The normalized spacial score (nSPS) is 15.5. The van der Waals surface area contributed by atoms with Crippen molar-refractivity contribution >= 4 is 29.1 Å². The molecule has 5 heteroatoms. The maximum Gasteiger partial charge on any atom is 0.253 e. The summed E-state index contributed by atoms with van der Waals surface area (Å²) < 4.78 is 0. The SMILES string of the molecule is Cc1ccc(C(=O)N2CCN(Cc3c(Cl)cccc3Cl)CC2)cc1. The Labute approximate surface area is 152 Å². The molecule has 2 aromatic rings. The predicted octanol–water partition coefficient (Wildman–Crippen LogP) is 4.26. The van der Waals surface area contributed by atoms with Crippen LogP contribution in [-0.2, 0) is 6.54 Å². The van der Waals surface area contributed by atoms with Crippen LogP contribution in [0.25, 0.3) is 0 Å². The number of amides is 1. The first-order valence-electron chi connectivity index (χ1n) is 8.06. The number of halogens is 2. The topological polar surface area (TPSA) is 23.6 Å². The first-order valence-corrected chi connectivity index (χ1v) is 8.81. The van der Waals surface area contributed by atoms with Gasteiger partial charge >= 0.3 is 0 Å². The van der Waals surface area contributed by atoms with E-state index in [0.717, 1.165) is 42.9 Å². The largest absolute Gasteiger partial charge is 0.336 e. The third-order valence-electron chi connectivity index (χ3n) is 4.40. The molecule has 0 aliphatic carbocycles. The molecule has 0 radical (unpaired) electrons. The lowest BCUT2D eigenvalue weighted by Gasteiger charge is -2.35. The standard InChI is InChI=1S/C19H20Cl2N2O/c1-14-5-7-15(8-6-14)19(24)23-11-9-22(10-12-23)13-16-17(20)3-2-4-18(16)21/h2-8H,9-13H2,1H3. The highest BCUT2D eigenvalue weighted by Gasteiger charge is 2.23. The maximum atomic E-state index is 12.5. The average molecular weight is 363 g/mol. The molecule has 1 aliphatic heterocycles. The number of rotatable bonds is 3. The maximum absolute atomic E-state index is 12.5. The fraction of sp³-hybridized carbons (Fsp3) is 0.316. The number of aryl methyl sites for hydroxylation is 1. The lowest BCUT2D eigenvalue weighted by Crippen LogP contribution is -2.48. The van der Waals surface area contributed by atoms with Gasteiger partial charge in [0.1, 0.15) is 0 Å². The molecule has 1 aliphatic rings. The Morgan fingerprint density at radius 3 is 2.12 bits per heavy atom. The van der Waals surface area contributed by atoms with Gasteiger partial charge in [0.2, 0.25) is 0 Å². The molecule has 0 spiro atoms. The van der Waals surface area contributed by atoms with Crippen LogP contribution >= 0.6 is 23.2 Å². The third-order valence-corrected chi connectivity index (χ3v) is 5.11. The van der Waals surface area contributed by atoms with Gasteiger partial charge in [-0.3, -0.25) is 9.69 Å². The predicted molar refractivity (Wildman–Crippen MR) is 98.8 cm³/mol. The smallest absolute Gasteiger partial charge is 0.253 e. The third kappa shape index (κ3) is 3.92. The Hall–Kier alpha value is -1.55. The zero-order chi connectivity index (χ0) is 17.1. The average Bonchev–Trinajstić information content (AvgIpc) is 2.59. The van der Waals surface area contributed by atoms with Crippen molar-refractivity contribution in [1.29, 1.82) is 0 Å². The molecule has 0 saturated carbocycles. The molecule has 0 bridgehead atoms. The molecule has 1 saturated heterocycles. The molecule has 3 nitrogen and oxygen atoms in total. The second-order valence-electron chi connectivity index (χ2n) is 6.13. The van der Waals surface area contributed by atoms with Crippen molar-refractivity contribution in [3.8, 4) is 0 Å². The molecular formula is C19H20Cl2N2O. The minimum atomic E-state index is 0.102. The summed E-state index contributed by atoms with van der Waals surface area (Å²) in [6.07, 6.45) is 0. The van der Waals surface area contributed by atoms with E-state index in [2.05, 4.69) is 4.90 Å². The van der Waals surface area contributed by atoms with Gasteiger partial charge in [-0.2, -0.15) is 0 Å². The number of hydrogen-bond donors (Lipinski definition) is 0. The van der Waals surface area contributed by atoms with Crippen LogP contribution in [0, 0.1) is 6.92 Å². The lowest BCUT2D eigenvalue weighted by atomic mass is 10.1. The summed E-state index contributed by atoms with van der Waals surface area (Å²) in [6.45, 7) is 5.81. The zero-order valence-corrected chi connectivity index (χ0v) is 15.1. The highest BCUT2D eigenvalue weighted by molar-refractivity contribution is 6.35. The van der Waals surface area contributed by atoms with Crippen LogP contribution in [0.2, 0.25) is 10.0 Å². The summed E-state index contributed by atoms with van der Waals surface area (Å²) in [5.41, 5.74) is 2.87. The fourth-order valence-electron chi connectivity index (χ4n) is 2.89. The van der Waals surface area contributed by atoms with Crippen molar-refractivity contribution < 1.29 is 4.79 Å². The van der Waals surface area contributed by atoms with Crippen molar-refractivity contribution in [2.45, 2.75) is 13.5 Å². The number of benzene rings is 2. The molecule has 1 heterocycles. The molecule has 3 rings (SSSR count). The number of carbonyl (C=O) groups is 1. The summed E-state index contributed by atoms with van der Waals surface area (Å²) in [5, 5.41) is 1.39. The summed E-state index contributed by atoms with van der Waals surface area (Å²) in [7, 11) is 0. The van der Waals surface area contributed by atoms with Gasteiger partial charge in [0, 0.05) is 53.9 Å². The van der Waals surface area contributed by atoms with Crippen LogP contribution in [0.15, 0.2) is 42.5 Å². The lowest BCUT2D eigenvalue weighted by molar-refractivity contribution is 0.0628. The van der Waals surface area contributed by atoms with E-state index in [-0.39, 0.29) is 5.91 Å². The van der Waals surface area contributed by atoms with Gasteiger partial charge in [-0.25, -0.2) is 0 Å². The van der Waals surface area contributed by atoms with Crippen molar-refractivity contribution in [3.05, 3.63) is 69.2 Å². The molecule has 1 fully saturated rings. The van der Waals surface area contributed by atoms with E-state index in [0.29, 0.717) is 16.6 Å². The minimum Gasteiger partial charge on any atom is -0.336 e. The molecule has 24 heavy (non-hydrogen) atoms. The summed E-state index contributed by atoms with van der Waals surface area (Å²) >= 11 is 12.5. The Morgan fingerprint density at radius 1 is 0.958 bits per heavy atom. The van der Waals surface area contributed by atoms with Crippen molar-refractivity contribution in [2.24, 2.45) is 0 Å². The van der Waals surface area contributed by atoms with E-state index in [1.165, 1.54) is 0 Å². The molecule has 0 unspecified atom stereocenters. The number of nitrogens with zero attached hydrogens (tertiary/aromatic N) is 2. The Kier molecular flexibility index (Phi) is 5.44. The van der Waals surface area contributed by atoms with Gasteiger partial charge in [-0.05, 0) is 31.2 Å². The summed E-state index contributed by atoms with van der Waals surface area (Å²) in [4.78, 5) is 16.7. The van der Waals surface area contributed by atoms with E-state index < -0.39 is 0 Å².